The minimum atomic E-state index is -0.151. The van der Waals surface area contributed by atoms with Crippen LogP contribution in [0.15, 0.2) is 22.9 Å². The Morgan fingerprint density at radius 2 is 2.21 bits per heavy atom. The number of anilines is 1. The molecule has 0 radical (unpaired) electrons. The second kappa shape index (κ2) is 3.49. The van der Waals surface area contributed by atoms with Gasteiger partial charge in [0.25, 0.3) is 0 Å². The number of hydrogen-bond acceptors (Lipinski definition) is 3. The Bertz CT molecular complexity index is 406. The van der Waals surface area contributed by atoms with Crippen LogP contribution in [0.4, 0.5) is 5.69 Å². The molecular weight excluding hydrogens is 248 g/mol. The van der Waals surface area contributed by atoms with Gasteiger partial charge in [-0.2, -0.15) is 0 Å². The first-order chi connectivity index (χ1) is 6.68. The Morgan fingerprint density at radius 3 is 2.79 bits per heavy atom. The van der Waals surface area contributed by atoms with Crippen LogP contribution in [0.5, 0.6) is 0 Å². The Hall–Kier alpha value is -1.23. The van der Waals surface area contributed by atoms with Crippen molar-refractivity contribution in [1.29, 1.82) is 0 Å². The zero-order chi connectivity index (χ0) is 10.1. The van der Waals surface area contributed by atoms with Gasteiger partial charge >= 0.3 is 0 Å². The van der Waals surface area contributed by atoms with Gasteiger partial charge in [0.2, 0.25) is 5.91 Å². The summed E-state index contributed by atoms with van der Waals surface area (Å²) in [5.41, 5.74) is 0.704. The molecule has 5 heteroatoms. The first-order valence-corrected chi connectivity index (χ1v) is 4.89. The van der Waals surface area contributed by atoms with Gasteiger partial charge in [0, 0.05) is 12.4 Å². The highest BCUT2D eigenvalue weighted by Gasteiger charge is 2.29. The lowest BCUT2D eigenvalue weighted by Gasteiger charge is -2.15. The van der Waals surface area contributed by atoms with Crippen LogP contribution in [-0.2, 0) is 9.59 Å². The van der Waals surface area contributed by atoms with E-state index < -0.39 is 0 Å². The maximum absolute atomic E-state index is 11.4. The Labute approximate surface area is 89.1 Å². The zero-order valence-corrected chi connectivity index (χ0v) is 8.82. The molecule has 72 valence electrons. The van der Waals surface area contributed by atoms with Crippen molar-refractivity contribution in [2.45, 2.75) is 6.42 Å². The first kappa shape index (κ1) is 9.33. The molecule has 0 bridgehead atoms. The van der Waals surface area contributed by atoms with E-state index in [2.05, 4.69) is 20.9 Å². The number of amides is 1. The molecule has 1 aromatic rings. The number of carbonyl (C=O) groups excluding carboxylic acids is 2. The predicted molar refractivity (Wildman–Crippen MR) is 53.9 cm³/mol. The summed E-state index contributed by atoms with van der Waals surface area (Å²) in [6, 6.07) is 1.71. The highest BCUT2D eigenvalue weighted by atomic mass is 79.9. The summed E-state index contributed by atoms with van der Waals surface area (Å²) in [7, 11) is 0. The third-order valence-corrected chi connectivity index (χ3v) is 2.64. The minimum Gasteiger partial charge on any atom is -0.303 e. The standard InChI is InChI=1S/C9H7BrN2O2/c10-7-4-11-2-1-8(7)12-5-6(13)3-9(12)14/h1-2,4H,3,5H2. The van der Waals surface area contributed by atoms with Crippen LogP contribution >= 0.6 is 15.9 Å². The average molecular weight is 255 g/mol. The monoisotopic (exact) mass is 254 g/mol. The molecule has 0 spiro atoms. The fourth-order valence-corrected chi connectivity index (χ4v) is 1.86. The van der Waals surface area contributed by atoms with Gasteiger partial charge in [0.05, 0.1) is 23.1 Å². The van der Waals surface area contributed by atoms with E-state index in [9.17, 15) is 9.59 Å². The van der Waals surface area contributed by atoms with Gasteiger partial charge < -0.3 is 4.90 Å². The molecule has 0 N–H and O–H groups in total. The van der Waals surface area contributed by atoms with Crippen molar-refractivity contribution in [3.63, 3.8) is 0 Å². The topological polar surface area (TPSA) is 50.3 Å². The molecule has 4 nitrogen and oxygen atoms in total. The summed E-state index contributed by atoms with van der Waals surface area (Å²) in [4.78, 5) is 27.8. The molecule has 1 aromatic heterocycles. The number of halogens is 1. The van der Waals surface area contributed by atoms with E-state index in [-0.39, 0.29) is 24.7 Å². The van der Waals surface area contributed by atoms with Crippen LogP contribution in [0.2, 0.25) is 0 Å². The fraction of sp³-hybridized carbons (Fsp3) is 0.222. The third kappa shape index (κ3) is 1.55. The van der Waals surface area contributed by atoms with Gasteiger partial charge in [-0.3, -0.25) is 14.6 Å². The highest BCUT2D eigenvalue weighted by Crippen LogP contribution is 2.27. The van der Waals surface area contributed by atoms with Crippen molar-refractivity contribution < 1.29 is 9.59 Å². The molecule has 1 aliphatic heterocycles. The third-order valence-electron chi connectivity index (χ3n) is 2.03. The molecule has 1 aliphatic rings. The number of pyridine rings is 1. The maximum Gasteiger partial charge on any atom is 0.234 e. The van der Waals surface area contributed by atoms with Gasteiger partial charge in [-0.25, -0.2) is 0 Å². The molecule has 14 heavy (non-hydrogen) atoms. The van der Waals surface area contributed by atoms with Crippen LogP contribution in [0.1, 0.15) is 6.42 Å². The Balaban J connectivity index is 2.36. The molecule has 1 amide bonds. The average Bonchev–Trinajstić information content (AvgIpc) is 2.46. The second-order valence-electron chi connectivity index (χ2n) is 3.02. The molecule has 0 aliphatic carbocycles. The number of rotatable bonds is 1. The fourth-order valence-electron chi connectivity index (χ4n) is 1.39. The van der Waals surface area contributed by atoms with Crippen LogP contribution in [0.25, 0.3) is 0 Å². The number of aromatic nitrogens is 1. The van der Waals surface area contributed by atoms with Crippen LogP contribution in [0, 0.1) is 0 Å². The van der Waals surface area contributed by atoms with Crippen LogP contribution in [-0.4, -0.2) is 23.2 Å². The zero-order valence-electron chi connectivity index (χ0n) is 7.24. The molecule has 1 fully saturated rings. The number of hydrogen-bond donors (Lipinski definition) is 0. The molecule has 0 aromatic carbocycles. The molecule has 2 rings (SSSR count). The molecule has 0 saturated carbocycles. The minimum absolute atomic E-state index is 0.00869. The number of nitrogens with zero attached hydrogens (tertiary/aromatic N) is 2. The number of Topliss-reactive ketones (excluding diaryl/α,β-unsaturated/α-hetero) is 1. The van der Waals surface area contributed by atoms with Crippen LogP contribution < -0.4 is 4.90 Å². The molecule has 0 unspecified atom stereocenters. The Morgan fingerprint density at radius 1 is 1.43 bits per heavy atom. The summed E-state index contributed by atoms with van der Waals surface area (Å²) < 4.78 is 0.725. The molecule has 0 atom stereocenters. The van der Waals surface area contributed by atoms with Gasteiger partial charge in [-0.05, 0) is 22.0 Å². The van der Waals surface area contributed by atoms with Crippen molar-refractivity contribution in [3.8, 4) is 0 Å². The summed E-state index contributed by atoms with van der Waals surface area (Å²) in [6.07, 6.45) is 3.20. The van der Waals surface area contributed by atoms with Gasteiger partial charge in [-0.1, -0.05) is 0 Å². The van der Waals surface area contributed by atoms with E-state index in [1.807, 2.05) is 0 Å². The van der Waals surface area contributed by atoms with E-state index in [0.717, 1.165) is 4.47 Å². The summed E-state index contributed by atoms with van der Waals surface area (Å²) in [5, 5.41) is 0. The molecular formula is C9H7BrN2O2. The van der Waals surface area contributed by atoms with Crippen molar-refractivity contribution in [3.05, 3.63) is 22.9 Å². The van der Waals surface area contributed by atoms with E-state index in [1.165, 1.54) is 4.90 Å². The van der Waals surface area contributed by atoms with E-state index in [4.69, 9.17) is 0 Å². The maximum atomic E-state index is 11.4. The van der Waals surface area contributed by atoms with Crippen molar-refractivity contribution in [2.24, 2.45) is 0 Å². The summed E-state index contributed by atoms with van der Waals surface area (Å²) >= 11 is 3.29. The summed E-state index contributed by atoms with van der Waals surface area (Å²) in [6.45, 7) is 0.168. The van der Waals surface area contributed by atoms with E-state index in [1.54, 1.807) is 18.5 Å². The van der Waals surface area contributed by atoms with Gasteiger partial charge in [-0.15, -0.1) is 0 Å². The van der Waals surface area contributed by atoms with Crippen molar-refractivity contribution in [2.75, 3.05) is 11.4 Å². The second-order valence-corrected chi connectivity index (χ2v) is 3.88. The van der Waals surface area contributed by atoms with Crippen molar-refractivity contribution in [1.82, 2.24) is 4.98 Å². The molecule has 1 saturated heterocycles. The normalized spacial score (nSPS) is 16.5. The van der Waals surface area contributed by atoms with Gasteiger partial charge in [0.1, 0.15) is 0 Å². The van der Waals surface area contributed by atoms with E-state index >= 15 is 0 Å². The predicted octanol–water partition coefficient (Wildman–Crippen LogP) is 1.15. The Kier molecular flexibility index (Phi) is 2.33. The van der Waals surface area contributed by atoms with E-state index in [0.29, 0.717) is 5.69 Å². The number of carbonyl (C=O) groups is 2. The smallest absolute Gasteiger partial charge is 0.234 e. The lowest BCUT2D eigenvalue weighted by Crippen LogP contribution is -2.24. The van der Waals surface area contributed by atoms with Crippen LogP contribution in [0.3, 0.4) is 0 Å². The van der Waals surface area contributed by atoms with Gasteiger partial charge in [0.15, 0.2) is 5.78 Å². The molecule has 2 heterocycles. The highest BCUT2D eigenvalue weighted by molar-refractivity contribution is 9.10. The largest absolute Gasteiger partial charge is 0.303 e. The lowest BCUT2D eigenvalue weighted by atomic mass is 10.3. The quantitative estimate of drug-likeness (QED) is 0.707. The first-order valence-electron chi connectivity index (χ1n) is 4.10. The number of ketones is 1. The summed E-state index contributed by atoms with van der Waals surface area (Å²) in [5.74, 6) is -0.194. The lowest BCUT2D eigenvalue weighted by molar-refractivity contribution is -0.121. The van der Waals surface area contributed by atoms with Crippen molar-refractivity contribution >= 4 is 33.3 Å². The SMILES string of the molecule is O=C1CC(=O)N(c2ccncc2Br)C1.